The molecular weight excluding hydrogens is 285 g/mol. The Hall–Kier alpha value is -1.76. The SMILES string of the molecule is CCCC(C)(CO)NC(=O)Nc1ccccc1C(F)(F)F. The molecule has 7 heteroatoms. The minimum atomic E-state index is -4.55. The number of rotatable bonds is 5. The highest BCUT2D eigenvalue weighted by molar-refractivity contribution is 5.90. The summed E-state index contributed by atoms with van der Waals surface area (Å²) in [6.07, 6.45) is -3.32. The molecule has 2 amide bonds. The zero-order valence-electron chi connectivity index (χ0n) is 11.9. The molecule has 0 aliphatic carbocycles. The first-order chi connectivity index (χ1) is 9.72. The maximum atomic E-state index is 12.8. The van der Waals surface area contributed by atoms with Crippen LogP contribution in [0.3, 0.4) is 0 Å². The molecule has 118 valence electrons. The van der Waals surface area contributed by atoms with Crippen LogP contribution in [0.1, 0.15) is 32.3 Å². The predicted molar refractivity (Wildman–Crippen MR) is 74.0 cm³/mol. The van der Waals surface area contributed by atoms with Crippen LogP contribution in [-0.4, -0.2) is 23.3 Å². The van der Waals surface area contributed by atoms with Gasteiger partial charge in [-0.2, -0.15) is 13.2 Å². The van der Waals surface area contributed by atoms with E-state index in [4.69, 9.17) is 0 Å². The molecule has 1 rings (SSSR count). The van der Waals surface area contributed by atoms with Crippen molar-refractivity contribution in [3.05, 3.63) is 29.8 Å². The quantitative estimate of drug-likeness (QED) is 0.781. The number of carbonyl (C=O) groups excluding carboxylic acids is 1. The van der Waals surface area contributed by atoms with Crippen molar-refractivity contribution in [3.8, 4) is 0 Å². The van der Waals surface area contributed by atoms with Gasteiger partial charge >= 0.3 is 12.2 Å². The Bertz CT molecular complexity index is 491. The molecule has 0 heterocycles. The number of alkyl halides is 3. The van der Waals surface area contributed by atoms with Crippen LogP contribution >= 0.6 is 0 Å². The first-order valence-electron chi connectivity index (χ1n) is 6.58. The maximum absolute atomic E-state index is 12.8. The van der Waals surface area contributed by atoms with Crippen molar-refractivity contribution in [2.45, 2.75) is 38.4 Å². The van der Waals surface area contributed by atoms with Crippen LogP contribution in [0.25, 0.3) is 0 Å². The Kier molecular flexibility index (Phi) is 5.60. The number of hydrogen-bond acceptors (Lipinski definition) is 2. The van der Waals surface area contributed by atoms with E-state index in [1.807, 2.05) is 6.92 Å². The standard InChI is InChI=1S/C14H19F3N2O2/c1-3-8-13(2,9-20)19-12(21)18-11-7-5-4-6-10(11)14(15,16)17/h4-7,20H,3,8-9H2,1-2H3,(H2,18,19,21). The topological polar surface area (TPSA) is 61.4 Å². The highest BCUT2D eigenvalue weighted by atomic mass is 19.4. The van der Waals surface area contributed by atoms with Crippen molar-refractivity contribution >= 4 is 11.7 Å². The molecule has 0 aromatic heterocycles. The van der Waals surface area contributed by atoms with E-state index in [0.717, 1.165) is 12.5 Å². The summed E-state index contributed by atoms with van der Waals surface area (Å²) < 4.78 is 38.4. The monoisotopic (exact) mass is 304 g/mol. The lowest BCUT2D eigenvalue weighted by molar-refractivity contribution is -0.136. The number of aliphatic hydroxyl groups excluding tert-OH is 1. The first-order valence-corrected chi connectivity index (χ1v) is 6.58. The Morgan fingerprint density at radius 3 is 2.43 bits per heavy atom. The zero-order valence-corrected chi connectivity index (χ0v) is 11.9. The summed E-state index contributed by atoms with van der Waals surface area (Å²) in [7, 11) is 0. The van der Waals surface area contributed by atoms with E-state index < -0.39 is 23.3 Å². The van der Waals surface area contributed by atoms with Crippen molar-refractivity contribution in [2.75, 3.05) is 11.9 Å². The lowest BCUT2D eigenvalue weighted by atomic mass is 9.98. The van der Waals surface area contributed by atoms with Gasteiger partial charge in [0.2, 0.25) is 0 Å². The van der Waals surface area contributed by atoms with Gasteiger partial charge in [-0.05, 0) is 25.5 Å². The van der Waals surface area contributed by atoms with Crippen LogP contribution in [0.2, 0.25) is 0 Å². The molecule has 0 saturated heterocycles. The van der Waals surface area contributed by atoms with Crippen molar-refractivity contribution in [3.63, 3.8) is 0 Å². The first kappa shape index (κ1) is 17.3. The highest BCUT2D eigenvalue weighted by Gasteiger charge is 2.34. The smallest absolute Gasteiger partial charge is 0.394 e. The van der Waals surface area contributed by atoms with Gasteiger partial charge < -0.3 is 15.7 Å². The molecule has 0 aliphatic rings. The number of aliphatic hydroxyl groups is 1. The Morgan fingerprint density at radius 1 is 1.29 bits per heavy atom. The molecule has 21 heavy (non-hydrogen) atoms. The lowest BCUT2D eigenvalue weighted by Crippen LogP contribution is -2.50. The number of para-hydroxylation sites is 1. The molecule has 3 N–H and O–H groups in total. The summed E-state index contributed by atoms with van der Waals surface area (Å²) in [5, 5.41) is 14.0. The van der Waals surface area contributed by atoms with Gasteiger partial charge in [-0.25, -0.2) is 4.79 Å². The second-order valence-corrected chi connectivity index (χ2v) is 5.09. The second-order valence-electron chi connectivity index (χ2n) is 5.09. The van der Waals surface area contributed by atoms with Gasteiger partial charge in [-0.15, -0.1) is 0 Å². The van der Waals surface area contributed by atoms with Crippen LogP contribution in [0.15, 0.2) is 24.3 Å². The average Bonchev–Trinajstić information content (AvgIpc) is 2.38. The van der Waals surface area contributed by atoms with Crippen molar-refractivity contribution in [2.24, 2.45) is 0 Å². The van der Waals surface area contributed by atoms with Gasteiger partial charge in [0, 0.05) is 0 Å². The molecule has 0 radical (unpaired) electrons. The third-order valence-corrected chi connectivity index (χ3v) is 3.05. The summed E-state index contributed by atoms with van der Waals surface area (Å²) in [4.78, 5) is 11.8. The van der Waals surface area contributed by atoms with Gasteiger partial charge in [0.1, 0.15) is 0 Å². The Morgan fingerprint density at radius 2 is 1.90 bits per heavy atom. The predicted octanol–water partition coefficient (Wildman–Crippen LogP) is 3.38. The van der Waals surface area contributed by atoms with E-state index in [0.29, 0.717) is 6.42 Å². The highest BCUT2D eigenvalue weighted by Crippen LogP contribution is 2.34. The van der Waals surface area contributed by atoms with E-state index in [2.05, 4.69) is 10.6 Å². The third-order valence-electron chi connectivity index (χ3n) is 3.05. The number of anilines is 1. The molecule has 1 unspecified atom stereocenters. The summed E-state index contributed by atoms with van der Waals surface area (Å²) in [5.74, 6) is 0. The van der Waals surface area contributed by atoms with E-state index in [1.54, 1.807) is 6.92 Å². The molecule has 0 saturated carbocycles. The van der Waals surface area contributed by atoms with Crippen LogP contribution in [-0.2, 0) is 6.18 Å². The fourth-order valence-electron chi connectivity index (χ4n) is 2.00. The van der Waals surface area contributed by atoms with E-state index in [-0.39, 0.29) is 12.3 Å². The normalized spacial score (nSPS) is 14.4. The summed E-state index contributed by atoms with van der Waals surface area (Å²) in [6, 6.07) is 3.95. The number of benzene rings is 1. The van der Waals surface area contributed by atoms with Crippen LogP contribution < -0.4 is 10.6 Å². The third kappa shape index (κ3) is 4.93. The molecule has 4 nitrogen and oxygen atoms in total. The maximum Gasteiger partial charge on any atom is 0.418 e. The number of hydrogen-bond donors (Lipinski definition) is 3. The van der Waals surface area contributed by atoms with Gasteiger partial charge in [-0.1, -0.05) is 25.5 Å². The number of nitrogens with one attached hydrogen (secondary N) is 2. The lowest BCUT2D eigenvalue weighted by Gasteiger charge is -2.28. The Labute approximate surface area is 121 Å². The van der Waals surface area contributed by atoms with Gasteiger partial charge in [0.15, 0.2) is 0 Å². The molecular formula is C14H19F3N2O2. The fourth-order valence-corrected chi connectivity index (χ4v) is 2.00. The van der Waals surface area contributed by atoms with Gasteiger partial charge in [-0.3, -0.25) is 0 Å². The summed E-state index contributed by atoms with van der Waals surface area (Å²) in [6.45, 7) is 3.22. The number of halogens is 3. The van der Waals surface area contributed by atoms with E-state index in [9.17, 15) is 23.1 Å². The van der Waals surface area contributed by atoms with Crippen molar-refractivity contribution in [1.82, 2.24) is 5.32 Å². The van der Waals surface area contributed by atoms with E-state index >= 15 is 0 Å². The molecule has 0 fully saturated rings. The minimum Gasteiger partial charge on any atom is -0.394 e. The summed E-state index contributed by atoms with van der Waals surface area (Å²) in [5.41, 5.74) is -2.10. The zero-order chi connectivity index (χ0) is 16.1. The molecule has 1 aromatic rings. The average molecular weight is 304 g/mol. The molecule has 0 bridgehead atoms. The van der Waals surface area contributed by atoms with Crippen LogP contribution in [0, 0.1) is 0 Å². The van der Waals surface area contributed by atoms with Crippen molar-refractivity contribution < 1.29 is 23.1 Å². The van der Waals surface area contributed by atoms with Crippen molar-refractivity contribution in [1.29, 1.82) is 0 Å². The van der Waals surface area contributed by atoms with E-state index in [1.165, 1.54) is 18.2 Å². The fraction of sp³-hybridized carbons (Fsp3) is 0.500. The summed E-state index contributed by atoms with van der Waals surface area (Å²) >= 11 is 0. The molecule has 1 atom stereocenters. The van der Waals surface area contributed by atoms with Crippen LogP contribution in [0.5, 0.6) is 0 Å². The largest absolute Gasteiger partial charge is 0.418 e. The van der Waals surface area contributed by atoms with Gasteiger partial charge in [0.25, 0.3) is 0 Å². The second kappa shape index (κ2) is 6.80. The van der Waals surface area contributed by atoms with Gasteiger partial charge in [0.05, 0.1) is 23.4 Å². The molecule has 0 aliphatic heterocycles. The number of amides is 2. The number of carbonyl (C=O) groups is 1. The molecule has 1 aromatic carbocycles. The Balaban J connectivity index is 2.85. The van der Waals surface area contributed by atoms with Crippen LogP contribution in [0.4, 0.5) is 23.7 Å². The number of urea groups is 1. The minimum absolute atomic E-state index is 0.296. The molecule has 0 spiro atoms.